The van der Waals surface area contributed by atoms with Crippen LogP contribution in [0.1, 0.15) is 17.3 Å². The molecule has 6 nitrogen and oxygen atoms in total. The van der Waals surface area contributed by atoms with Crippen LogP contribution < -0.4 is 10.5 Å². The summed E-state index contributed by atoms with van der Waals surface area (Å²) in [5.41, 5.74) is 6.01. The van der Waals surface area contributed by atoms with Gasteiger partial charge in [-0.3, -0.25) is 4.98 Å². The van der Waals surface area contributed by atoms with E-state index in [0.717, 1.165) is 0 Å². The fourth-order valence-corrected chi connectivity index (χ4v) is 1.37. The number of anilines is 1. The smallest absolute Gasteiger partial charge is 0.349 e. The van der Waals surface area contributed by atoms with Gasteiger partial charge >= 0.3 is 5.97 Å². The normalized spacial score (nSPS) is 10.2. The molecule has 0 unspecified atom stereocenters. The fourth-order valence-electron chi connectivity index (χ4n) is 1.37. The molecule has 0 radical (unpaired) electrons. The summed E-state index contributed by atoms with van der Waals surface area (Å²) in [6, 6.07) is 3.33. The number of aryl methyl sites for hydroxylation is 1. The molecule has 0 fully saturated rings. The van der Waals surface area contributed by atoms with Crippen molar-refractivity contribution >= 4 is 11.8 Å². The maximum atomic E-state index is 11.8. The predicted molar refractivity (Wildman–Crippen MR) is 61.5 cm³/mol. The van der Waals surface area contributed by atoms with E-state index in [1.165, 1.54) is 17.1 Å². The molecule has 0 aromatic carbocycles. The standard InChI is InChI=1S/C11H12N4O2/c1-2-15-10(12)9(7-14-15)11(16)17-8-4-3-5-13-6-8/h3-7H,2,12H2,1H3. The number of hydrogen-bond acceptors (Lipinski definition) is 5. The van der Waals surface area contributed by atoms with Crippen LogP contribution in [0, 0.1) is 0 Å². The van der Waals surface area contributed by atoms with Gasteiger partial charge in [0.1, 0.15) is 17.1 Å². The van der Waals surface area contributed by atoms with Gasteiger partial charge in [-0.2, -0.15) is 5.10 Å². The molecule has 0 saturated carbocycles. The fraction of sp³-hybridized carbons (Fsp3) is 0.182. The summed E-state index contributed by atoms with van der Waals surface area (Å²) in [6.07, 6.45) is 4.46. The molecule has 88 valence electrons. The van der Waals surface area contributed by atoms with Crippen molar-refractivity contribution in [3.8, 4) is 5.75 Å². The summed E-state index contributed by atoms with van der Waals surface area (Å²) < 4.78 is 6.63. The Kier molecular flexibility index (Phi) is 3.04. The number of ether oxygens (including phenoxy) is 1. The minimum Gasteiger partial charge on any atom is -0.421 e. The van der Waals surface area contributed by atoms with Gasteiger partial charge < -0.3 is 10.5 Å². The van der Waals surface area contributed by atoms with E-state index in [-0.39, 0.29) is 5.56 Å². The van der Waals surface area contributed by atoms with E-state index in [1.54, 1.807) is 18.3 Å². The lowest BCUT2D eigenvalue weighted by Crippen LogP contribution is -2.11. The van der Waals surface area contributed by atoms with Crippen LogP contribution in [0.2, 0.25) is 0 Å². The van der Waals surface area contributed by atoms with Crippen molar-refractivity contribution < 1.29 is 9.53 Å². The number of aromatic nitrogens is 3. The van der Waals surface area contributed by atoms with Crippen molar-refractivity contribution in [2.24, 2.45) is 0 Å². The Morgan fingerprint density at radius 3 is 2.94 bits per heavy atom. The third kappa shape index (κ3) is 2.25. The first kappa shape index (κ1) is 11.1. The van der Waals surface area contributed by atoms with Crippen LogP contribution in [0.3, 0.4) is 0 Å². The van der Waals surface area contributed by atoms with Gasteiger partial charge in [0.05, 0.1) is 12.4 Å². The summed E-state index contributed by atoms with van der Waals surface area (Å²) in [6.45, 7) is 2.49. The van der Waals surface area contributed by atoms with Crippen molar-refractivity contribution in [1.29, 1.82) is 0 Å². The SMILES string of the molecule is CCn1ncc(C(=O)Oc2cccnc2)c1N. The molecular weight excluding hydrogens is 220 g/mol. The Bertz CT molecular complexity index is 522. The lowest BCUT2D eigenvalue weighted by atomic mass is 10.3. The zero-order valence-electron chi connectivity index (χ0n) is 9.33. The van der Waals surface area contributed by atoms with Gasteiger partial charge in [-0.05, 0) is 19.1 Å². The second-order valence-electron chi connectivity index (χ2n) is 3.34. The Hall–Kier alpha value is -2.37. The topological polar surface area (TPSA) is 83.0 Å². The monoisotopic (exact) mass is 232 g/mol. The molecule has 6 heteroatoms. The van der Waals surface area contributed by atoms with Gasteiger partial charge in [-0.15, -0.1) is 0 Å². The molecule has 0 bridgehead atoms. The van der Waals surface area contributed by atoms with Gasteiger partial charge in [0.25, 0.3) is 0 Å². The molecule has 2 aromatic heterocycles. The summed E-state index contributed by atoms with van der Waals surface area (Å²) >= 11 is 0. The molecule has 0 amide bonds. The van der Waals surface area contributed by atoms with Crippen LogP contribution >= 0.6 is 0 Å². The van der Waals surface area contributed by atoms with Crippen LogP contribution in [0.5, 0.6) is 5.75 Å². The molecule has 0 saturated heterocycles. The minimum absolute atomic E-state index is 0.260. The van der Waals surface area contributed by atoms with Gasteiger partial charge in [-0.25, -0.2) is 9.48 Å². The highest BCUT2D eigenvalue weighted by Gasteiger charge is 2.16. The number of nitrogen functional groups attached to an aromatic ring is 1. The van der Waals surface area contributed by atoms with Gasteiger partial charge in [0, 0.05) is 12.7 Å². The Morgan fingerprint density at radius 1 is 1.53 bits per heavy atom. The number of pyridine rings is 1. The average molecular weight is 232 g/mol. The van der Waals surface area contributed by atoms with Crippen molar-refractivity contribution in [3.63, 3.8) is 0 Å². The molecule has 0 aliphatic rings. The Balaban J connectivity index is 2.18. The number of nitrogens with two attached hydrogens (primary N) is 1. The molecule has 0 aliphatic carbocycles. The van der Waals surface area contributed by atoms with Crippen LogP contribution in [-0.2, 0) is 6.54 Å². The molecular formula is C11H12N4O2. The Labute approximate surface area is 98.0 Å². The van der Waals surface area contributed by atoms with E-state index in [2.05, 4.69) is 10.1 Å². The van der Waals surface area contributed by atoms with Crippen molar-refractivity contribution in [2.75, 3.05) is 5.73 Å². The van der Waals surface area contributed by atoms with E-state index in [1.807, 2.05) is 6.92 Å². The number of nitrogens with zero attached hydrogens (tertiary/aromatic N) is 3. The summed E-state index contributed by atoms with van der Waals surface area (Å²) in [7, 11) is 0. The number of esters is 1. The Morgan fingerprint density at radius 2 is 2.35 bits per heavy atom. The van der Waals surface area contributed by atoms with Crippen LogP contribution in [0.15, 0.2) is 30.7 Å². The molecule has 0 aliphatic heterocycles. The quantitative estimate of drug-likeness (QED) is 0.801. The zero-order chi connectivity index (χ0) is 12.3. The molecule has 2 aromatic rings. The second kappa shape index (κ2) is 4.65. The van der Waals surface area contributed by atoms with Crippen molar-refractivity contribution in [1.82, 2.24) is 14.8 Å². The summed E-state index contributed by atoms with van der Waals surface area (Å²) in [5.74, 6) is 0.151. The number of rotatable bonds is 3. The van der Waals surface area contributed by atoms with E-state index >= 15 is 0 Å². The van der Waals surface area contributed by atoms with Crippen LogP contribution in [-0.4, -0.2) is 20.7 Å². The molecule has 0 spiro atoms. The largest absolute Gasteiger partial charge is 0.421 e. The molecule has 0 atom stereocenters. The third-order valence-corrected chi connectivity index (χ3v) is 2.24. The third-order valence-electron chi connectivity index (χ3n) is 2.24. The zero-order valence-corrected chi connectivity index (χ0v) is 9.33. The number of carbonyl (C=O) groups excluding carboxylic acids is 1. The highest BCUT2D eigenvalue weighted by Crippen LogP contribution is 2.15. The lowest BCUT2D eigenvalue weighted by Gasteiger charge is -2.03. The predicted octanol–water partition coefficient (Wildman–Crippen LogP) is 1.10. The highest BCUT2D eigenvalue weighted by molar-refractivity contribution is 5.95. The maximum Gasteiger partial charge on any atom is 0.349 e. The molecule has 2 N–H and O–H groups in total. The number of carbonyl (C=O) groups is 1. The summed E-state index contributed by atoms with van der Waals surface area (Å²) in [4.78, 5) is 15.6. The molecule has 17 heavy (non-hydrogen) atoms. The number of hydrogen-bond donors (Lipinski definition) is 1. The lowest BCUT2D eigenvalue weighted by molar-refractivity contribution is 0.0735. The van der Waals surface area contributed by atoms with E-state index < -0.39 is 5.97 Å². The maximum absolute atomic E-state index is 11.8. The second-order valence-corrected chi connectivity index (χ2v) is 3.34. The van der Waals surface area contributed by atoms with E-state index in [0.29, 0.717) is 18.1 Å². The highest BCUT2D eigenvalue weighted by atomic mass is 16.5. The van der Waals surface area contributed by atoms with Gasteiger partial charge in [-0.1, -0.05) is 0 Å². The first-order valence-electron chi connectivity index (χ1n) is 5.16. The minimum atomic E-state index is -0.532. The van der Waals surface area contributed by atoms with Crippen molar-refractivity contribution in [2.45, 2.75) is 13.5 Å². The average Bonchev–Trinajstić information content (AvgIpc) is 2.71. The van der Waals surface area contributed by atoms with Gasteiger partial charge in [0.2, 0.25) is 0 Å². The van der Waals surface area contributed by atoms with E-state index in [9.17, 15) is 4.79 Å². The van der Waals surface area contributed by atoms with E-state index in [4.69, 9.17) is 10.5 Å². The van der Waals surface area contributed by atoms with Crippen LogP contribution in [0.25, 0.3) is 0 Å². The summed E-state index contributed by atoms with van der Waals surface area (Å²) in [5, 5.41) is 3.97. The first-order chi connectivity index (χ1) is 8.22. The van der Waals surface area contributed by atoms with Crippen LogP contribution in [0.4, 0.5) is 5.82 Å². The van der Waals surface area contributed by atoms with Gasteiger partial charge in [0.15, 0.2) is 0 Å². The molecule has 2 rings (SSSR count). The molecule has 2 heterocycles. The first-order valence-corrected chi connectivity index (χ1v) is 5.16. The van der Waals surface area contributed by atoms with Crippen molar-refractivity contribution in [3.05, 3.63) is 36.3 Å².